The zero-order valence-corrected chi connectivity index (χ0v) is 13.2. The Bertz CT molecular complexity index is 589. The third kappa shape index (κ3) is 4.69. The first kappa shape index (κ1) is 15.7. The zero-order valence-electron chi connectivity index (χ0n) is 12.4. The summed E-state index contributed by atoms with van der Waals surface area (Å²) in [6.45, 7) is 5.03. The van der Waals surface area contributed by atoms with Gasteiger partial charge in [0.1, 0.15) is 0 Å². The maximum absolute atomic E-state index is 10.7. The predicted octanol–water partition coefficient (Wildman–Crippen LogP) is 3.92. The number of hydrogen-bond acceptors (Lipinski definition) is 3. The van der Waals surface area contributed by atoms with Crippen LogP contribution in [0.3, 0.4) is 0 Å². The van der Waals surface area contributed by atoms with E-state index in [0.717, 1.165) is 17.8 Å². The molecular weight excluding hydrogens is 282 g/mol. The molecule has 2 N–H and O–H groups in total. The number of benzene rings is 1. The van der Waals surface area contributed by atoms with E-state index in [1.54, 1.807) is 11.3 Å². The molecule has 0 saturated carbocycles. The number of carbonyl (C=O) groups is 1. The van der Waals surface area contributed by atoms with Crippen LogP contribution in [0.2, 0.25) is 0 Å². The maximum Gasteiger partial charge on any atom is 0.308 e. The van der Waals surface area contributed by atoms with Crippen molar-refractivity contribution in [3.05, 3.63) is 57.3 Å². The van der Waals surface area contributed by atoms with Crippen molar-refractivity contribution in [3.8, 4) is 0 Å². The molecule has 0 aliphatic carbocycles. The molecule has 1 heterocycles. The molecule has 0 bridgehead atoms. The fraction of sp³-hybridized carbons (Fsp3) is 0.353. The highest BCUT2D eigenvalue weighted by Gasteiger charge is 2.10. The largest absolute Gasteiger partial charge is 0.481 e. The Labute approximate surface area is 129 Å². The molecule has 21 heavy (non-hydrogen) atoms. The van der Waals surface area contributed by atoms with Crippen molar-refractivity contribution in [3.63, 3.8) is 0 Å². The molecule has 112 valence electrons. The van der Waals surface area contributed by atoms with Gasteiger partial charge in [0, 0.05) is 22.3 Å². The molecule has 2 aromatic rings. The molecule has 0 spiro atoms. The lowest BCUT2D eigenvalue weighted by molar-refractivity contribution is -0.136. The Morgan fingerprint density at radius 2 is 1.86 bits per heavy atom. The van der Waals surface area contributed by atoms with Crippen molar-refractivity contribution in [2.75, 3.05) is 0 Å². The second-order valence-corrected chi connectivity index (χ2v) is 6.44. The third-order valence-electron chi connectivity index (χ3n) is 3.45. The van der Waals surface area contributed by atoms with Crippen molar-refractivity contribution in [1.82, 2.24) is 5.32 Å². The number of thiophene rings is 1. The van der Waals surface area contributed by atoms with E-state index in [0.29, 0.717) is 6.04 Å². The number of nitrogens with one attached hydrogen (secondary N) is 1. The van der Waals surface area contributed by atoms with Crippen LogP contribution in [0.1, 0.15) is 40.3 Å². The van der Waals surface area contributed by atoms with Crippen molar-refractivity contribution >= 4 is 17.3 Å². The number of aliphatic carboxylic acids is 1. The van der Waals surface area contributed by atoms with Gasteiger partial charge in [-0.15, -0.1) is 11.3 Å². The van der Waals surface area contributed by atoms with Gasteiger partial charge in [-0.1, -0.05) is 36.8 Å². The van der Waals surface area contributed by atoms with Crippen LogP contribution in [-0.2, 0) is 17.8 Å². The molecule has 3 nitrogen and oxygen atoms in total. The van der Waals surface area contributed by atoms with Gasteiger partial charge in [0.25, 0.3) is 0 Å². The van der Waals surface area contributed by atoms with Crippen LogP contribution < -0.4 is 5.32 Å². The van der Waals surface area contributed by atoms with Crippen LogP contribution in [0.15, 0.2) is 36.4 Å². The number of carboxylic acid groups (broad SMARTS) is 1. The molecule has 1 aromatic heterocycles. The van der Waals surface area contributed by atoms with Gasteiger partial charge in [0.15, 0.2) is 0 Å². The summed E-state index contributed by atoms with van der Waals surface area (Å²) in [6.07, 6.45) is 1.14. The Hall–Kier alpha value is -1.65. The van der Waals surface area contributed by atoms with E-state index in [1.165, 1.54) is 16.0 Å². The summed E-state index contributed by atoms with van der Waals surface area (Å²) in [5.74, 6) is -0.776. The van der Waals surface area contributed by atoms with Crippen LogP contribution in [0.4, 0.5) is 0 Å². The summed E-state index contributed by atoms with van der Waals surface area (Å²) in [6, 6.07) is 12.9. The monoisotopic (exact) mass is 303 g/mol. The first-order valence-corrected chi connectivity index (χ1v) is 7.99. The van der Waals surface area contributed by atoms with Crippen molar-refractivity contribution < 1.29 is 9.90 Å². The van der Waals surface area contributed by atoms with Crippen LogP contribution in [0.25, 0.3) is 0 Å². The lowest BCUT2D eigenvalue weighted by Gasteiger charge is -2.17. The Balaban J connectivity index is 1.95. The average Bonchev–Trinajstić information content (AvgIpc) is 2.88. The molecule has 0 fully saturated rings. The molecule has 1 unspecified atom stereocenters. The summed E-state index contributed by atoms with van der Waals surface area (Å²) in [4.78, 5) is 12.8. The molecule has 1 aromatic carbocycles. The highest BCUT2D eigenvalue weighted by atomic mass is 32.1. The zero-order chi connectivity index (χ0) is 15.2. The van der Waals surface area contributed by atoms with Crippen LogP contribution in [0.5, 0.6) is 0 Å². The molecule has 2 rings (SSSR count). The summed E-state index contributed by atoms with van der Waals surface area (Å²) < 4.78 is 0. The van der Waals surface area contributed by atoms with Gasteiger partial charge in [-0.05, 0) is 31.0 Å². The van der Waals surface area contributed by atoms with Crippen LogP contribution in [-0.4, -0.2) is 11.1 Å². The molecule has 0 saturated heterocycles. The quantitative estimate of drug-likeness (QED) is 0.815. The molecule has 4 heteroatoms. The topological polar surface area (TPSA) is 49.3 Å². The Morgan fingerprint density at radius 3 is 2.48 bits per heavy atom. The van der Waals surface area contributed by atoms with E-state index >= 15 is 0 Å². The minimum Gasteiger partial charge on any atom is -0.481 e. The molecule has 0 radical (unpaired) electrons. The molecule has 0 aliphatic heterocycles. The normalized spacial score (nSPS) is 12.3. The SMILES string of the molecule is CCC(NCc1ccc(CC(=O)O)s1)c1ccc(C)cc1. The van der Waals surface area contributed by atoms with E-state index in [9.17, 15) is 4.79 Å². The summed E-state index contributed by atoms with van der Waals surface area (Å²) >= 11 is 1.57. The molecular formula is C17H21NO2S. The Kier molecular flexibility index (Phi) is 5.53. The van der Waals surface area contributed by atoms with Gasteiger partial charge in [-0.3, -0.25) is 4.79 Å². The van der Waals surface area contributed by atoms with Crippen molar-refractivity contribution in [2.24, 2.45) is 0 Å². The maximum atomic E-state index is 10.7. The summed E-state index contributed by atoms with van der Waals surface area (Å²) in [7, 11) is 0. The minimum absolute atomic E-state index is 0.111. The van der Waals surface area contributed by atoms with Gasteiger partial charge < -0.3 is 10.4 Å². The number of hydrogen-bond donors (Lipinski definition) is 2. The van der Waals surface area contributed by atoms with Gasteiger partial charge in [-0.2, -0.15) is 0 Å². The number of rotatable bonds is 7. The van der Waals surface area contributed by atoms with Gasteiger partial charge in [0.05, 0.1) is 6.42 Å². The smallest absolute Gasteiger partial charge is 0.308 e. The van der Waals surface area contributed by atoms with E-state index in [4.69, 9.17) is 5.11 Å². The lowest BCUT2D eigenvalue weighted by Crippen LogP contribution is -2.19. The first-order valence-electron chi connectivity index (χ1n) is 7.17. The predicted molar refractivity (Wildman–Crippen MR) is 86.7 cm³/mol. The fourth-order valence-corrected chi connectivity index (χ4v) is 3.24. The lowest BCUT2D eigenvalue weighted by atomic mass is 10.0. The van der Waals surface area contributed by atoms with E-state index < -0.39 is 5.97 Å². The van der Waals surface area contributed by atoms with E-state index in [1.807, 2.05) is 12.1 Å². The highest BCUT2D eigenvalue weighted by Crippen LogP contribution is 2.21. The fourth-order valence-electron chi connectivity index (χ4n) is 2.28. The van der Waals surface area contributed by atoms with Crippen LogP contribution in [0, 0.1) is 6.92 Å². The Morgan fingerprint density at radius 1 is 1.19 bits per heavy atom. The van der Waals surface area contributed by atoms with Crippen LogP contribution >= 0.6 is 11.3 Å². The van der Waals surface area contributed by atoms with E-state index in [2.05, 4.69) is 43.4 Å². The second-order valence-electron chi connectivity index (χ2n) is 5.19. The van der Waals surface area contributed by atoms with Crippen molar-refractivity contribution in [1.29, 1.82) is 0 Å². The molecule has 0 aliphatic rings. The number of aryl methyl sites for hydroxylation is 1. The molecule has 0 amide bonds. The van der Waals surface area contributed by atoms with Gasteiger partial charge in [0.2, 0.25) is 0 Å². The summed E-state index contributed by atoms with van der Waals surface area (Å²) in [5, 5.41) is 12.3. The van der Waals surface area contributed by atoms with Gasteiger partial charge in [-0.25, -0.2) is 0 Å². The standard InChI is InChI=1S/C17H21NO2S/c1-3-16(13-6-4-12(2)5-7-13)18-11-15-9-8-14(21-15)10-17(19)20/h4-9,16,18H,3,10-11H2,1-2H3,(H,19,20). The number of carboxylic acids is 1. The summed E-state index contributed by atoms with van der Waals surface area (Å²) in [5.41, 5.74) is 2.57. The first-order chi connectivity index (χ1) is 10.1. The average molecular weight is 303 g/mol. The second kappa shape index (κ2) is 7.38. The molecule has 1 atom stereocenters. The minimum atomic E-state index is -0.776. The van der Waals surface area contributed by atoms with Gasteiger partial charge >= 0.3 is 5.97 Å². The van der Waals surface area contributed by atoms with E-state index in [-0.39, 0.29) is 6.42 Å². The highest BCUT2D eigenvalue weighted by molar-refractivity contribution is 7.12. The van der Waals surface area contributed by atoms with Crippen molar-refractivity contribution in [2.45, 2.75) is 39.3 Å². The third-order valence-corrected chi connectivity index (χ3v) is 4.54.